The van der Waals surface area contributed by atoms with Gasteiger partial charge in [0.2, 0.25) is 5.91 Å². The van der Waals surface area contributed by atoms with Gasteiger partial charge in [-0.15, -0.1) is 0 Å². The van der Waals surface area contributed by atoms with E-state index >= 15 is 0 Å². The molecule has 4 heteroatoms. The summed E-state index contributed by atoms with van der Waals surface area (Å²) in [4.78, 5) is 12.3. The van der Waals surface area contributed by atoms with Gasteiger partial charge in [-0.25, -0.2) is 0 Å². The van der Waals surface area contributed by atoms with Gasteiger partial charge in [-0.3, -0.25) is 4.79 Å². The standard InChI is InChI=1S/C46H75NO3/c1-3-5-7-9-11-13-15-17-19-20-21-22-23-24-25-26-28-30-32-34-36-38-40-42-46(50)47-44(43-48)45(49)41-39-37-35-33-31-29-27-18-16-14-12-10-8-6-4-2/h5,7,11,13,16-19,21-22,24-25,28,30-31,33,39,41,44-45,48-49H,3-4,6,8-10,12,14-15,20,23,26-27,29,32,34-38,40,42-43H2,1-2H3,(H,47,50)/b7-5-,13-11-,18-16+,19-17-,22-21-,25-24-,30-28-,33-31+,41-39+. The molecule has 0 rings (SSSR count). The Morgan fingerprint density at radius 3 is 1.38 bits per heavy atom. The number of hydrogen-bond donors (Lipinski definition) is 3. The summed E-state index contributed by atoms with van der Waals surface area (Å²) in [5.74, 6) is -0.109. The number of aliphatic hydroxyl groups excluding tert-OH is 2. The van der Waals surface area contributed by atoms with E-state index in [4.69, 9.17) is 0 Å². The summed E-state index contributed by atoms with van der Waals surface area (Å²) in [6.45, 7) is 4.13. The van der Waals surface area contributed by atoms with Gasteiger partial charge in [0.25, 0.3) is 0 Å². The molecule has 0 aromatic heterocycles. The molecule has 0 aromatic rings. The maximum atomic E-state index is 12.3. The Morgan fingerprint density at radius 1 is 0.500 bits per heavy atom. The van der Waals surface area contributed by atoms with Crippen LogP contribution in [0.5, 0.6) is 0 Å². The molecule has 1 amide bonds. The van der Waals surface area contributed by atoms with Crippen molar-refractivity contribution in [3.63, 3.8) is 0 Å². The molecule has 282 valence electrons. The minimum absolute atomic E-state index is 0.109. The summed E-state index contributed by atoms with van der Waals surface area (Å²) in [5, 5.41) is 22.9. The van der Waals surface area contributed by atoms with Crippen LogP contribution in [0.15, 0.2) is 109 Å². The highest BCUT2D eigenvalue weighted by molar-refractivity contribution is 5.76. The molecule has 3 N–H and O–H groups in total. The first-order chi connectivity index (χ1) is 24.7. The van der Waals surface area contributed by atoms with Gasteiger partial charge in [0.05, 0.1) is 18.8 Å². The summed E-state index contributed by atoms with van der Waals surface area (Å²) < 4.78 is 0. The molecule has 0 aliphatic heterocycles. The first-order valence-corrected chi connectivity index (χ1v) is 20.1. The zero-order valence-corrected chi connectivity index (χ0v) is 32.1. The van der Waals surface area contributed by atoms with E-state index in [1.807, 2.05) is 6.08 Å². The molecule has 0 aliphatic carbocycles. The highest BCUT2D eigenvalue weighted by Crippen LogP contribution is 2.09. The van der Waals surface area contributed by atoms with Crippen molar-refractivity contribution in [1.82, 2.24) is 5.32 Å². The third-order valence-corrected chi connectivity index (χ3v) is 8.22. The Morgan fingerprint density at radius 2 is 0.900 bits per heavy atom. The molecule has 0 aromatic carbocycles. The number of unbranched alkanes of at least 4 members (excludes halogenated alkanes) is 11. The fraction of sp³-hybridized carbons (Fsp3) is 0.587. The number of hydrogen-bond acceptors (Lipinski definition) is 3. The number of allylic oxidation sites excluding steroid dienone is 17. The second-order valence-corrected chi connectivity index (χ2v) is 12.9. The van der Waals surface area contributed by atoms with Gasteiger partial charge in [-0.1, -0.05) is 162 Å². The van der Waals surface area contributed by atoms with Crippen molar-refractivity contribution in [3.05, 3.63) is 109 Å². The molecule has 0 saturated carbocycles. The van der Waals surface area contributed by atoms with Crippen LogP contribution in [0, 0.1) is 0 Å². The predicted molar refractivity (Wildman–Crippen MR) is 220 cm³/mol. The quantitative estimate of drug-likeness (QED) is 0.0465. The normalized spacial score (nSPS) is 14.2. The van der Waals surface area contributed by atoms with Gasteiger partial charge < -0.3 is 15.5 Å². The van der Waals surface area contributed by atoms with E-state index in [2.05, 4.69) is 116 Å². The maximum absolute atomic E-state index is 12.3. The van der Waals surface area contributed by atoms with Crippen LogP contribution in [0.3, 0.4) is 0 Å². The number of carbonyl (C=O) groups is 1. The SMILES string of the molecule is CC/C=C\C/C=C\C/C=C\C/C=C\C/C=C\C/C=C\CCCCCCC(=O)NC(CO)C(O)/C=C/CC/C=C/CC/C=C/CCCCCCC. The highest BCUT2D eigenvalue weighted by Gasteiger charge is 2.17. The van der Waals surface area contributed by atoms with Crippen LogP contribution in [-0.2, 0) is 4.79 Å². The van der Waals surface area contributed by atoms with Crippen molar-refractivity contribution in [3.8, 4) is 0 Å². The van der Waals surface area contributed by atoms with Crippen molar-refractivity contribution in [1.29, 1.82) is 0 Å². The van der Waals surface area contributed by atoms with E-state index < -0.39 is 12.1 Å². The monoisotopic (exact) mass is 690 g/mol. The molecule has 0 heterocycles. The molecular formula is C46H75NO3. The number of amides is 1. The zero-order valence-electron chi connectivity index (χ0n) is 32.1. The van der Waals surface area contributed by atoms with Crippen molar-refractivity contribution >= 4 is 5.91 Å². The van der Waals surface area contributed by atoms with E-state index in [0.29, 0.717) is 6.42 Å². The molecule has 2 unspecified atom stereocenters. The fourth-order valence-electron chi connectivity index (χ4n) is 5.15. The fourth-order valence-corrected chi connectivity index (χ4v) is 5.15. The predicted octanol–water partition coefficient (Wildman–Crippen LogP) is 12.5. The largest absolute Gasteiger partial charge is 0.394 e. The second kappa shape index (κ2) is 40.5. The summed E-state index contributed by atoms with van der Waals surface area (Å²) in [6.07, 6.45) is 61.7. The molecule has 0 radical (unpaired) electrons. The van der Waals surface area contributed by atoms with Gasteiger partial charge in [-0.05, 0) is 96.3 Å². The molecule has 0 spiro atoms. The Balaban J connectivity index is 3.79. The van der Waals surface area contributed by atoms with E-state index in [1.165, 1.54) is 38.5 Å². The van der Waals surface area contributed by atoms with Crippen LogP contribution in [0.2, 0.25) is 0 Å². The topological polar surface area (TPSA) is 69.6 Å². The van der Waals surface area contributed by atoms with Crippen molar-refractivity contribution in [2.75, 3.05) is 6.61 Å². The van der Waals surface area contributed by atoms with Gasteiger partial charge >= 0.3 is 0 Å². The Kier molecular flexibility index (Phi) is 38.1. The number of rotatable bonds is 34. The molecule has 0 bridgehead atoms. The molecule has 50 heavy (non-hydrogen) atoms. The van der Waals surface area contributed by atoms with E-state index in [1.54, 1.807) is 6.08 Å². The average molecular weight is 690 g/mol. The third-order valence-electron chi connectivity index (χ3n) is 8.22. The second-order valence-electron chi connectivity index (χ2n) is 12.9. The van der Waals surface area contributed by atoms with Crippen LogP contribution in [0.1, 0.15) is 155 Å². The van der Waals surface area contributed by atoms with E-state index in [-0.39, 0.29) is 12.5 Å². The number of aliphatic hydroxyl groups is 2. The van der Waals surface area contributed by atoms with Crippen LogP contribution in [0.25, 0.3) is 0 Å². The van der Waals surface area contributed by atoms with Crippen molar-refractivity contribution in [2.24, 2.45) is 0 Å². The summed E-state index contributed by atoms with van der Waals surface area (Å²) in [6, 6.07) is -0.666. The number of nitrogens with one attached hydrogen (secondary N) is 1. The lowest BCUT2D eigenvalue weighted by Crippen LogP contribution is -2.45. The Hall–Kier alpha value is -2.95. The van der Waals surface area contributed by atoms with Crippen LogP contribution in [-0.4, -0.2) is 34.9 Å². The Bertz CT molecular complexity index is 1010. The van der Waals surface area contributed by atoms with Gasteiger partial charge in [-0.2, -0.15) is 0 Å². The molecular weight excluding hydrogens is 615 g/mol. The van der Waals surface area contributed by atoms with Gasteiger partial charge in [0.1, 0.15) is 0 Å². The minimum atomic E-state index is -0.888. The zero-order chi connectivity index (χ0) is 36.4. The lowest BCUT2D eigenvalue weighted by Gasteiger charge is -2.19. The van der Waals surface area contributed by atoms with Crippen LogP contribution >= 0.6 is 0 Å². The van der Waals surface area contributed by atoms with Crippen LogP contribution < -0.4 is 5.32 Å². The van der Waals surface area contributed by atoms with Crippen LogP contribution in [0.4, 0.5) is 0 Å². The maximum Gasteiger partial charge on any atom is 0.220 e. The van der Waals surface area contributed by atoms with E-state index in [0.717, 1.165) is 96.3 Å². The van der Waals surface area contributed by atoms with Crippen molar-refractivity contribution < 1.29 is 15.0 Å². The smallest absolute Gasteiger partial charge is 0.220 e. The minimum Gasteiger partial charge on any atom is -0.394 e. The summed E-state index contributed by atoms with van der Waals surface area (Å²) in [7, 11) is 0. The van der Waals surface area contributed by atoms with Crippen molar-refractivity contribution in [2.45, 2.75) is 167 Å². The molecule has 4 nitrogen and oxygen atoms in total. The molecule has 0 fully saturated rings. The first-order valence-electron chi connectivity index (χ1n) is 20.1. The lowest BCUT2D eigenvalue weighted by molar-refractivity contribution is -0.123. The number of carbonyl (C=O) groups excluding carboxylic acids is 1. The van der Waals surface area contributed by atoms with Gasteiger partial charge in [0.15, 0.2) is 0 Å². The summed E-state index contributed by atoms with van der Waals surface area (Å²) >= 11 is 0. The summed E-state index contributed by atoms with van der Waals surface area (Å²) in [5.41, 5.74) is 0. The van der Waals surface area contributed by atoms with Gasteiger partial charge in [0, 0.05) is 6.42 Å². The first kappa shape index (κ1) is 47.1. The molecule has 0 saturated heterocycles. The lowest BCUT2D eigenvalue weighted by atomic mass is 10.1. The third kappa shape index (κ3) is 36.3. The Labute approximate surface area is 308 Å². The molecule has 0 aliphatic rings. The van der Waals surface area contributed by atoms with E-state index in [9.17, 15) is 15.0 Å². The highest BCUT2D eigenvalue weighted by atomic mass is 16.3. The average Bonchev–Trinajstić information content (AvgIpc) is 3.12. The molecule has 2 atom stereocenters.